The minimum Gasteiger partial charge on any atom is -0.371 e. The maximum absolute atomic E-state index is 5.67. The van der Waals surface area contributed by atoms with Crippen molar-refractivity contribution in [3.8, 4) is 0 Å². The topological polar surface area (TPSA) is 29.3 Å². The quantitative estimate of drug-likeness (QED) is 0.849. The van der Waals surface area contributed by atoms with Gasteiger partial charge < -0.3 is 10.6 Å². The first-order valence-corrected chi connectivity index (χ1v) is 6.56. The standard InChI is InChI=1S/C15H24N2/c1-12-10-13(11-16)4-5-14(12)17-8-6-15(2,3)7-9-17/h4-5,10H,6-9,11,16H2,1-3H3. The molecule has 0 aliphatic carbocycles. The van der Waals surface area contributed by atoms with Crippen molar-refractivity contribution >= 4 is 5.69 Å². The van der Waals surface area contributed by atoms with Crippen molar-refractivity contribution in [3.05, 3.63) is 29.3 Å². The fraction of sp³-hybridized carbons (Fsp3) is 0.600. The van der Waals surface area contributed by atoms with Crippen LogP contribution in [-0.4, -0.2) is 13.1 Å². The second-order valence-corrected chi connectivity index (χ2v) is 5.98. The van der Waals surface area contributed by atoms with Gasteiger partial charge in [0.25, 0.3) is 0 Å². The highest BCUT2D eigenvalue weighted by atomic mass is 15.1. The molecule has 0 atom stereocenters. The highest BCUT2D eigenvalue weighted by Gasteiger charge is 2.25. The summed E-state index contributed by atoms with van der Waals surface area (Å²) in [6.45, 7) is 9.91. The number of benzene rings is 1. The first-order chi connectivity index (χ1) is 8.02. The van der Waals surface area contributed by atoms with Gasteiger partial charge in [-0.2, -0.15) is 0 Å². The van der Waals surface area contributed by atoms with E-state index in [-0.39, 0.29) is 0 Å². The molecule has 2 N–H and O–H groups in total. The van der Waals surface area contributed by atoms with Gasteiger partial charge in [0.05, 0.1) is 0 Å². The number of aryl methyl sites for hydroxylation is 1. The highest BCUT2D eigenvalue weighted by molar-refractivity contribution is 5.54. The SMILES string of the molecule is Cc1cc(CN)ccc1N1CCC(C)(C)CC1. The van der Waals surface area contributed by atoms with Crippen LogP contribution in [0.4, 0.5) is 5.69 Å². The summed E-state index contributed by atoms with van der Waals surface area (Å²) in [6.07, 6.45) is 2.57. The van der Waals surface area contributed by atoms with E-state index in [0.29, 0.717) is 12.0 Å². The third kappa shape index (κ3) is 2.81. The van der Waals surface area contributed by atoms with Crippen LogP contribution in [0, 0.1) is 12.3 Å². The van der Waals surface area contributed by atoms with E-state index in [0.717, 1.165) is 0 Å². The lowest BCUT2D eigenvalue weighted by Gasteiger charge is -2.38. The van der Waals surface area contributed by atoms with Crippen LogP contribution < -0.4 is 10.6 Å². The van der Waals surface area contributed by atoms with Crippen LogP contribution in [0.15, 0.2) is 18.2 Å². The van der Waals surface area contributed by atoms with E-state index in [9.17, 15) is 0 Å². The van der Waals surface area contributed by atoms with Crippen molar-refractivity contribution in [3.63, 3.8) is 0 Å². The molecule has 2 heteroatoms. The molecule has 1 aromatic carbocycles. The number of nitrogens with two attached hydrogens (primary N) is 1. The molecule has 1 fully saturated rings. The highest BCUT2D eigenvalue weighted by Crippen LogP contribution is 2.33. The lowest BCUT2D eigenvalue weighted by Crippen LogP contribution is -2.37. The van der Waals surface area contributed by atoms with Crippen LogP contribution in [0.1, 0.15) is 37.8 Å². The number of nitrogens with zero attached hydrogens (tertiary/aromatic N) is 1. The zero-order chi connectivity index (χ0) is 12.5. The van der Waals surface area contributed by atoms with Crippen LogP contribution in [0.25, 0.3) is 0 Å². The third-order valence-corrected chi connectivity index (χ3v) is 3.95. The molecule has 1 heterocycles. The van der Waals surface area contributed by atoms with E-state index < -0.39 is 0 Å². The Balaban J connectivity index is 2.13. The van der Waals surface area contributed by atoms with Gasteiger partial charge in [0, 0.05) is 25.3 Å². The number of rotatable bonds is 2. The van der Waals surface area contributed by atoms with Gasteiger partial charge in [-0.25, -0.2) is 0 Å². The summed E-state index contributed by atoms with van der Waals surface area (Å²) < 4.78 is 0. The van der Waals surface area contributed by atoms with Crippen molar-refractivity contribution in [2.45, 2.75) is 40.2 Å². The van der Waals surface area contributed by atoms with Gasteiger partial charge in [-0.05, 0) is 42.4 Å². The molecular formula is C15H24N2. The van der Waals surface area contributed by atoms with E-state index in [1.807, 2.05) is 0 Å². The summed E-state index contributed by atoms with van der Waals surface area (Å²) in [4.78, 5) is 2.51. The fourth-order valence-corrected chi connectivity index (χ4v) is 2.55. The normalized spacial score (nSPS) is 19.4. The zero-order valence-electron chi connectivity index (χ0n) is 11.3. The molecule has 17 heavy (non-hydrogen) atoms. The molecule has 0 bridgehead atoms. The molecule has 1 aliphatic heterocycles. The molecular weight excluding hydrogens is 208 g/mol. The zero-order valence-corrected chi connectivity index (χ0v) is 11.3. The van der Waals surface area contributed by atoms with E-state index in [1.54, 1.807) is 0 Å². The second kappa shape index (κ2) is 4.69. The molecule has 0 amide bonds. The number of piperidine rings is 1. The minimum atomic E-state index is 0.515. The lowest BCUT2D eigenvalue weighted by atomic mass is 9.82. The summed E-state index contributed by atoms with van der Waals surface area (Å²) in [7, 11) is 0. The Morgan fingerprint density at radius 2 is 1.88 bits per heavy atom. The molecule has 1 aliphatic rings. The molecule has 0 radical (unpaired) electrons. The van der Waals surface area contributed by atoms with Gasteiger partial charge in [0.2, 0.25) is 0 Å². The van der Waals surface area contributed by atoms with Crippen LogP contribution >= 0.6 is 0 Å². The smallest absolute Gasteiger partial charge is 0.0396 e. The second-order valence-electron chi connectivity index (χ2n) is 5.98. The Morgan fingerprint density at radius 3 is 2.41 bits per heavy atom. The van der Waals surface area contributed by atoms with Crippen LogP contribution in [0.2, 0.25) is 0 Å². The Hall–Kier alpha value is -1.02. The van der Waals surface area contributed by atoms with E-state index in [2.05, 4.69) is 43.9 Å². The van der Waals surface area contributed by atoms with E-state index >= 15 is 0 Å². The molecule has 2 nitrogen and oxygen atoms in total. The van der Waals surface area contributed by atoms with Gasteiger partial charge >= 0.3 is 0 Å². The summed E-state index contributed by atoms with van der Waals surface area (Å²) in [5, 5.41) is 0. The molecule has 2 rings (SSSR count). The van der Waals surface area contributed by atoms with Gasteiger partial charge in [-0.15, -0.1) is 0 Å². The average Bonchev–Trinajstić information content (AvgIpc) is 2.29. The first kappa shape index (κ1) is 12.4. The van der Waals surface area contributed by atoms with E-state index in [1.165, 1.54) is 42.7 Å². The van der Waals surface area contributed by atoms with Crippen molar-refractivity contribution in [2.24, 2.45) is 11.1 Å². The average molecular weight is 232 g/mol. The van der Waals surface area contributed by atoms with E-state index in [4.69, 9.17) is 5.73 Å². The number of hydrogen-bond donors (Lipinski definition) is 1. The predicted octanol–water partition coefficient (Wildman–Crippen LogP) is 3.08. The molecule has 0 spiro atoms. The number of anilines is 1. The first-order valence-electron chi connectivity index (χ1n) is 6.56. The molecule has 0 saturated carbocycles. The summed E-state index contributed by atoms with van der Waals surface area (Å²) in [6, 6.07) is 6.60. The van der Waals surface area contributed by atoms with Crippen LogP contribution in [-0.2, 0) is 6.54 Å². The minimum absolute atomic E-state index is 0.515. The fourth-order valence-electron chi connectivity index (χ4n) is 2.55. The Morgan fingerprint density at radius 1 is 1.24 bits per heavy atom. The number of hydrogen-bond acceptors (Lipinski definition) is 2. The Kier molecular flexibility index (Phi) is 3.43. The largest absolute Gasteiger partial charge is 0.371 e. The van der Waals surface area contributed by atoms with Gasteiger partial charge in [-0.3, -0.25) is 0 Å². The van der Waals surface area contributed by atoms with Gasteiger partial charge in [-0.1, -0.05) is 26.0 Å². The predicted molar refractivity (Wildman–Crippen MR) is 74.3 cm³/mol. The monoisotopic (exact) mass is 232 g/mol. The maximum Gasteiger partial charge on any atom is 0.0396 e. The molecule has 0 aromatic heterocycles. The van der Waals surface area contributed by atoms with Crippen molar-refractivity contribution < 1.29 is 0 Å². The van der Waals surface area contributed by atoms with Crippen molar-refractivity contribution in [2.75, 3.05) is 18.0 Å². The maximum atomic E-state index is 5.67. The van der Waals surface area contributed by atoms with Crippen LogP contribution in [0.5, 0.6) is 0 Å². The summed E-state index contributed by atoms with van der Waals surface area (Å²) in [5.41, 5.74) is 10.2. The summed E-state index contributed by atoms with van der Waals surface area (Å²) in [5.74, 6) is 0. The molecule has 0 unspecified atom stereocenters. The lowest BCUT2D eigenvalue weighted by molar-refractivity contribution is 0.279. The van der Waals surface area contributed by atoms with Crippen LogP contribution in [0.3, 0.4) is 0 Å². The van der Waals surface area contributed by atoms with Gasteiger partial charge in [0.15, 0.2) is 0 Å². The molecule has 94 valence electrons. The Bertz CT molecular complexity index is 386. The van der Waals surface area contributed by atoms with Gasteiger partial charge in [0.1, 0.15) is 0 Å². The summed E-state index contributed by atoms with van der Waals surface area (Å²) >= 11 is 0. The Labute approximate surface area is 105 Å². The molecule has 1 aromatic rings. The van der Waals surface area contributed by atoms with Crippen molar-refractivity contribution in [1.82, 2.24) is 0 Å². The molecule has 1 saturated heterocycles. The van der Waals surface area contributed by atoms with Crippen molar-refractivity contribution in [1.29, 1.82) is 0 Å². The third-order valence-electron chi connectivity index (χ3n) is 3.95.